The molecule has 3 aromatic rings. The second-order valence-corrected chi connectivity index (χ2v) is 5.22. The highest BCUT2D eigenvalue weighted by molar-refractivity contribution is 5.76. The monoisotopic (exact) mass is 267 g/mol. The van der Waals surface area contributed by atoms with Crippen LogP contribution in [0, 0.1) is 5.82 Å². The fraction of sp³-hybridized carbons (Fsp3) is 0.188. The second kappa shape index (κ2) is 4.07. The van der Waals surface area contributed by atoms with Crippen LogP contribution in [0.2, 0.25) is 0 Å². The molecule has 0 saturated carbocycles. The van der Waals surface area contributed by atoms with Crippen molar-refractivity contribution >= 4 is 16.7 Å². The fourth-order valence-corrected chi connectivity index (χ4v) is 2.95. The first-order valence-corrected chi connectivity index (χ1v) is 6.69. The van der Waals surface area contributed by atoms with E-state index in [-0.39, 0.29) is 11.9 Å². The van der Waals surface area contributed by atoms with E-state index in [9.17, 15) is 4.39 Å². The first kappa shape index (κ1) is 11.5. The number of anilines is 1. The minimum Gasteiger partial charge on any atom is -0.375 e. The molecular formula is C16H14FN3. The molecule has 2 aromatic carbocycles. The van der Waals surface area contributed by atoms with Gasteiger partial charge < -0.3 is 9.88 Å². The summed E-state index contributed by atoms with van der Waals surface area (Å²) < 4.78 is 15.3. The molecule has 1 N–H and O–H groups in total. The first-order valence-electron chi connectivity index (χ1n) is 6.69. The van der Waals surface area contributed by atoms with Gasteiger partial charge in [0.25, 0.3) is 0 Å². The molecule has 0 fully saturated rings. The number of halogens is 1. The Morgan fingerprint density at radius 2 is 2.10 bits per heavy atom. The van der Waals surface area contributed by atoms with Gasteiger partial charge in [0.05, 0.1) is 17.1 Å². The molecule has 1 atom stereocenters. The molecule has 2 heterocycles. The minimum absolute atomic E-state index is 0.146. The number of para-hydroxylation sites is 1. The van der Waals surface area contributed by atoms with Gasteiger partial charge in [0, 0.05) is 19.2 Å². The van der Waals surface area contributed by atoms with Gasteiger partial charge in [-0.2, -0.15) is 0 Å². The van der Waals surface area contributed by atoms with Crippen molar-refractivity contribution in [3.8, 4) is 0 Å². The van der Waals surface area contributed by atoms with Gasteiger partial charge in [0.15, 0.2) is 0 Å². The van der Waals surface area contributed by atoms with Crippen molar-refractivity contribution in [3.63, 3.8) is 0 Å². The molecule has 0 radical (unpaired) electrons. The number of nitrogens with one attached hydrogen (secondary N) is 1. The van der Waals surface area contributed by atoms with Gasteiger partial charge in [0.2, 0.25) is 0 Å². The lowest BCUT2D eigenvalue weighted by molar-refractivity contribution is 0.628. The lowest BCUT2D eigenvalue weighted by atomic mass is 10.1. The molecule has 0 spiro atoms. The van der Waals surface area contributed by atoms with Gasteiger partial charge in [-0.1, -0.05) is 18.2 Å². The van der Waals surface area contributed by atoms with E-state index in [1.807, 2.05) is 23.7 Å². The van der Waals surface area contributed by atoms with Gasteiger partial charge in [-0.25, -0.2) is 9.37 Å². The van der Waals surface area contributed by atoms with E-state index in [0.29, 0.717) is 0 Å². The molecule has 4 rings (SSSR count). The van der Waals surface area contributed by atoms with Crippen molar-refractivity contribution in [3.05, 3.63) is 59.7 Å². The molecule has 1 aliphatic heterocycles. The largest absolute Gasteiger partial charge is 0.375 e. The Hall–Kier alpha value is -2.36. The van der Waals surface area contributed by atoms with Crippen LogP contribution in [0.4, 0.5) is 10.1 Å². The summed E-state index contributed by atoms with van der Waals surface area (Å²) in [4.78, 5) is 4.65. The average molecular weight is 267 g/mol. The van der Waals surface area contributed by atoms with E-state index in [0.717, 1.165) is 29.0 Å². The van der Waals surface area contributed by atoms with Crippen LogP contribution >= 0.6 is 0 Å². The van der Waals surface area contributed by atoms with E-state index < -0.39 is 0 Å². The van der Waals surface area contributed by atoms with Crippen molar-refractivity contribution in [1.82, 2.24) is 9.55 Å². The molecule has 4 heteroatoms. The molecule has 0 aliphatic carbocycles. The predicted molar refractivity (Wildman–Crippen MR) is 77.2 cm³/mol. The number of imidazole rings is 1. The van der Waals surface area contributed by atoms with Crippen LogP contribution in [0.15, 0.2) is 42.5 Å². The van der Waals surface area contributed by atoms with Crippen molar-refractivity contribution < 1.29 is 4.39 Å². The summed E-state index contributed by atoms with van der Waals surface area (Å²) in [5, 5.41) is 3.49. The Balaban J connectivity index is 1.79. The highest BCUT2D eigenvalue weighted by Crippen LogP contribution is 2.34. The molecular weight excluding hydrogens is 253 g/mol. The lowest BCUT2D eigenvalue weighted by Crippen LogP contribution is -2.11. The van der Waals surface area contributed by atoms with Crippen molar-refractivity contribution in [2.45, 2.75) is 12.5 Å². The molecule has 100 valence electrons. The summed E-state index contributed by atoms with van der Waals surface area (Å²) in [6.07, 6.45) is 0.913. The topological polar surface area (TPSA) is 29.9 Å². The second-order valence-electron chi connectivity index (χ2n) is 5.22. The van der Waals surface area contributed by atoms with Gasteiger partial charge >= 0.3 is 0 Å². The third kappa shape index (κ3) is 1.61. The average Bonchev–Trinajstić information content (AvgIpc) is 3.01. The number of hydrogen-bond donors (Lipinski definition) is 1. The standard InChI is InChI=1S/C16H14FN3/c1-20-15-9-11(17)6-7-13(15)19-16(20)14-8-10-4-2-3-5-12(10)18-14/h2-7,9,14,18H,8H2,1H3. The summed E-state index contributed by atoms with van der Waals surface area (Å²) >= 11 is 0. The Kier molecular flexibility index (Phi) is 2.33. The van der Waals surface area contributed by atoms with E-state index in [2.05, 4.69) is 22.4 Å². The zero-order valence-electron chi connectivity index (χ0n) is 11.1. The van der Waals surface area contributed by atoms with Crippen molar-refractivity contribution in [2.75, 3.05) is 5.32 Å². The number of hydrogen-bond acceptors (Lipinski definition) is 2. The summed E-state index contributed by atoms with van der Waals surface area (Å²) in [5.74, 6) is 0.719. The molecule has 3 nitrogen and oxygen atoms in total. The molecule has 1 aliphatic rings. The van der Waals surface area contributed by atoms with Crippen LogP contribution in [-0.4, -0.2) is 9.55 Å². The highest BCUT2D eigenvalue weighted by atomic mass is 19.1. The maximum absolute atomic E-state index is 13.4. The molecule has 0 amide bonds. The van der Waals surface area contributed by atoms with Crippen LogP contribution in [0.3, 0.4) is 0 Å². The number of benzene rings is 2. The summed E-state index contributed by atoms with van der Waals surface area (Å²) in [5.41, 5.74) is 4.13. The van der Waals surface area contributed by atoms with Crippen molar-refractivity contribution in [1.29, 1.82) is 0 Å². The third-order valence-corrected chi connectivity index (χ3v) is 3.96. The molecule has 20 heavy (non-hydrogen) atoms. The van der Waals surface area contributed by atoms with Crippen LogP contribution in [-0.2, 0) is 13.5 Å². The zero-order valence-corrected chi connectivity index (χ0v) is 11.1. The third-order valence-electron chi connectivity index (χ3n) is 3.96. The minimum atomic E-state index is -0.227. The SMILES string of the molecule is Cn1c(C2Cc3ccccc3N2)nc2ccc(F)cc21. The number of rotatable bonds is 1. The zero-order chi connectivity index (χ0) is 13.7. The molecule has 0 bridgehead atoms. The van der Waals surface area contributed by atoms with Crippen LogP contribution in [0.25, 0.3) is 11.0 Å². The quantitative estimate of drug-likeness (QED) is 0.732. The Labute approximate surface area is 116 Å². The number of aromatic nitrogens is 2. The Bertz CT molecular complexity index is 782. The van der Waals surface area contributed by atoms with Crippen LogP contribution in [0.5, 0.6) is 0 Å². The summed E-state index contributed by atoms with van der Waals surface area (Å²) in [7, 11) is 1.94. The van der Waals surface area contributed by atoms with Crippen LogP contribution < -0.4 is 5.32 Å². The smallest absolute Gasteiger partial charge is 0.132 e. The number of nitrogens with zero attached hydrogens (tertiary/aromatic N) is 2. The van der Waals surface area contributed by atoms with Gasteiger partial charge in [-0.15, -0.1) is 0 Å². The van der Waals surface area contributed by atoms with Crippen molar-refractivity contribution in [2.24, 2.45) is 7.05 Å². The maximum atomic E-state index is 13.4. The van der Waals surface area contributed by atoms with Gasteiger partial charge in [-0.05, 0) is 29.8 Å². The lowest BCUT2D eigenvalue weighted by Gasteiger charge is -2.11. The van der Waals surface area contributed by atoms with E-state index in [4.69, 9.17) is 0 Å². The Morgan fingerprint density at radius 3 is 2.95 bits per heavy atom. The fourth-order valence-electron chi connectivity index (χ4n) is 2.95. The predicted octanol–water partition coefficient (Wildman–Crippen LogP) is 3.42. The van der Waals surface area contributed by atoms with E-state index >= 15 is 0 Å². The summed E-state index contributed by atoms with van der Waals surface area (Å²) in [6.45, 7) is 0. The van der Waals surface area contributed by atoms with Gasteiger partial charge in [0.1, 0.15) is 11.6 Å². The molecule has 1 unspecified atom stereocenters. The Morgan fingerprint density at radius 1 is 1.25 bits per heavy atom. The van der Waals surface area contributed by atoms with E-state index in [1.54, 1.807) is 6.07 Å². The molecule has 0 saturated heterocycles. The highest BCUT2D eigenvalue weighted by Gasteiger charge is 2.25. The van der Waals surface area contributed by atoms with E-state index in [1.165, 1.54) is 17.7 Å². The number of aryl methyl sites for hydroxylation is 1. The normalized spacial score (nSPS) is 17.2. The van der Waals surface area contributed by atoms with Crippen LogP contribution in [0.1, 0.15) is 17.4 Å². The first-order chi connectivity index (χ1) is 9.72. The number of fused-ring (bicyclic) bond motifs is 2. The maximum Gasteiger partial charge on any atom is 0.132 e. The van der Waals surface area contributed by atoms with Gasteiger partial charge in [-0.3, -0.25) is 0 Å². The molecule has 1 aromatic heterocycles. The summed E-state index contributed by atoms with van der Waals surface area (Å²) in [6, 6.07) is 13.2.